The number of benzene rings is 2. The topological polar surface area (TPSA) is 71.7 Å². The molecule has 1 aliphatic heterocycles. The molecule has 1 amide bonds. The Kier molecular flexibility index (Phi) is 7.50. The third-order valence-corrected chi connectivity index (χ3v) is 6.70. The number of ether oxygens (including phenoxy) is 1. The predicted molar refractivity (Wildman–Crippen MR) is 133 cm³/mol. The Balaban J connectivity index is 1.47. The Morgan fingerprint density at radius 2 is 1.94 bits per heavy atom. The zero-order chi connectivity index (χ0) is 24.1. The first-order valence-corrected chi connectivity index (χ1v) is 12.1. The number of hydrogen-bond acceptors (Lipinski definition) is 6. The molecule has 0 unspecified atom stereocenters. The number of anilines is 1. The van der Waals surface area contributed by atoms with Crippen molar-refractivity contribution in [2.45, 2.75) is 52.6 Å². The first-order valence-electron chi connectivity index (χ1n) is 12.1. The lowest BCUT2D eigenvalue weighted by Gasteiger charge is -2.37. The minimum atomic E-state index is -0.0481. The zero-order valence-corrected chi connectivity index (χ0v) is 20.5. The van der Waals surface area contributed by atoms with E-state index in [-0.39, 0.29) is 17.9 Å². The van der Waals surface area contributed by atoms with Crippen LogP contribution in [-0.4, -0.2) is 47.2 Å². The van der Waals surface area contributed by atoms with Gasteiger partial charge < -0.3 is 19.1 Å². The van der Waals surface area contributed by atoms with E-state index >= 15 is 0 Å². The average molecular weight is 463 g/mol. The van der Waals surface area contributed by atoms with Gasteiger partial charge >= 0.3 is 0 Å². The highest BCUT2D eigenvalue weighted by Crippen LogP contribution is 2.27. The molecular weight excluding hydrogens is 428 g/mol. The maximum absolute atomic E-state index is 13.7. The molecule has 2 aromatic carbocycles. The molecule has 1 fully saturated rings. The molecule has 0 N–H and O–H groups in total. The monoisotopic (exact) mass is 462 g/mol. The van der Waals surface area contributed by atoms with Gasteiger partial charge in [-0.05, 0) is 69.5 Å². The van der Waals surface area contributed by atoms with Crippen molar-refractivity contribution in [3.63, 3.8) is 0 Å². The molecule has 2 heterocycles. The maximum Gasteiger partial charge on any atom is 0.246 e. The second-order valence-corrected chi connectivity index (χ2v) is 9.08. The van der Waals surface area contributed by atoms with E-state index in [4.69, 9.17) is 9.26 Å². The zero-order valence-electron chi connectivity index (χ0n) is 20.5. The third kappa shape index (κ3) is 5.41. The number of rotatable bonds is 8. The van der Waals surface area contributed by atoms with Crippen LogP contribution in [0.15, 0.2) is 53.1 Å². The summed E-state index contributed by atoms with van der Waals surface area (Å²) in [5, 5.41) is 4.14. The summed E-state index contributed by atoms with van der Waals surface area (Å²) in [6.45, 7) is 8.30. The molecule has 0 aliphatic carbocycles. The Morgan fingerprint density at radius 1 is 1.21 bits per heavy atom. The molecule has 0 bridgehead atoms. The standard InChI is InChI=1S/C27H34N4O3/c1-5-20(3)31(18-25-28-26(29-34-25)21-10-14-24(33-4)15-11-21)27(32)22-7-6-16-30(17-22)23-12-8-19(2)9-13-23/h8-15,20,22H,5-7,16-18H2,1-4H3/t20-,22+/m0/s1. The Labute approximate surface area is 201 Å². The van der Waals surface area contributed by atoms with Gasteiger partial charge in [0, 0.05) is 30.4 Å². The smallest absolute Gasteiger partial charge is 0.246 e. The van der Waals surface area contributed by atoms with Crippen LogP contribution in [0.1, 0.15) is 44.6 Å². The number of nitrogens with zero attached hydrogens (tertiary/aromatic N) is 4. The predicted octanol–water partition coefficient (Wildman–Crippen LogP) is 5.10. The van der Waals surface area contributed by atoms with Crippen LogP contribution in [0, 0.1) is 12.8 Å². The lowest BCUT2D eigenvalue weighted by Crippen LogP contribution is -2.47. The van der Waals surface area contributed by atoms with Gasteiger partial charge in [-0.3, -0.25) is 4.79 Å². The SMILES string of the molecule is CC[C@H](C)N(Cc1nc(-c2ccc(OC)cc2)no1)C(=O)[C@@H]1CCCN(c2ccc(C)cc2)C1. The highest BCUT2D eigenvalue weighted by molar-refractivity contribution is 5.80. The fraction of sp³-hybridized carbons (Fsp3) is 0.444. The van der Waals surface area contributed by atoms with Crippen molar-refractivity contribution in [3.05, 3.63) is 60.0 Å². The van der Waals surface area contributed by atoms with Crippen molar-refractivity contribution in [1.82, 2.24) is 15.0 Å². The first kappa shape index (κ1) is 23.8. The van der Waals surface area contributed by atoms with Crippen molar-refractivity contribution in [2.24, 2.45) is 5.92 Å². The Hall–Kier alpha value is -3.35. The van der Waals surface area contributed by atoms with Crippen LogP contribution in [0.25, 0.3) is 11.4 Å². The molecular formula is C27H34N4O3. The van der Waals surface area contributed by atoms with Crippen LogP contribution in [0.2, 0.25) is 0 Å². The van der Waals surface area contributed by atoms with E-state index in [1.807, 2.05) is 29.2 Å². The summed E-state index contributed by atoms with van der Waals surface area (Å²) in [7, 11) is 1.63. The molecule has 1 aromatic heterocycles. The number of carbonyl (C=O) groups is 1. The number of amides is 1. The normalized spacial score (nSPS) is 16.8. The first-order chi connectivity index (χ1) is 16.5. The summed E-state index contributed by atoms with van der Waals surface area (Å²) < 4.78 is 10.8. The molecule has 1 aliphatic rings. The van der Waals surface area contributed by atoms with Crippen molar-refractivity contribution in [1.29, 1.82) is 0 Å². The summed E-state index contributed by atoms with van der Waals surface area (Å²) in [6.07, 6.45) is 2.76. The summed E-state index contributed by atoms with van der Waals surface area (Å²) in [4.78, 5) is 22.5. The van der Waals surface area contributed by atoms with Gasteiger partial charge in [-0.2, -0.15) is 4.98 Å². The van der Waals surface area contributed by atoms with Crippen LogP contribution in [0.5, 0.6) is 5.75 Å². The van der Waals surface area contributed by atoms with Gasteiger partial charge in [0.25, 0.3) is 0 Å². The van der Waals surface area contributed by atoms with E-state index in [1.165, 1.54) is 11.3 Å². The van der Waals surface area contributed by atoms with Gasteiger partial charge in [-0.1, -0.05) is 29.8 Å². The van der Waals surface area contributed by atoms with Crippen molar-refractivity contribution < 1.29 is 14.1 Å². The van der Waals surface area contributed by atoms with E-state index in [9.17, 15) is 4.79 Å². The molecule has 0 saturated carbocycles. The van der Waals surface area contributed by atoms with Crippen molar-refractivity contribution in [2.75, 3.05) is 25.1 Å². The second-order valence-electron chi connectivity index (χ2n) is 9.08. The molecule has 3 aromatic rings. The van der Waals surface area contributed by atoms with E-state index < -0.39 is 0 Å². The van der Waals surface area contributed by atoms with Crippen LogP contribution in [0.4, 0.5) is 5.69 Å². The number of aryl methyl sites for hydroxylation is 1. The van der Waals surface area contributed by atoms with Crippen molar-refractivity contribution >= 4 is 11.6 Å². The van der Waals surface area contributed by atoms with Crippen LogP contribution in [0.3, 0.4) is 0 Å². The minimum absolute atomic E-state index is 0.0481. The van der Waals surface area contributed by atoms with E-state index in [1.54, 1.807) is 7.11 Å². The third-order valence-electron chi connectivity index (χ3n) is 6.70. The molecule has 7 nitrogen and oxygen atoms in total. The fourth-order valence-electron chi connectivity index (χ4n) is 4.40. The van der Waals surface area contributed by atoms with E-state index in [2.05, 4.69) is 60.1 Å². The van der Waals surface area contributed by atoms with Gasteiger partial charge in [0.1, 0.15) is 12.3 Å². The average Bonchev–Trinajstić information content (AvgIpc) is 3.35. The van der Waals surface area contributed by atoms with Crippen LogP contribution < -0.4 is 9.64 Å². The summed E-state index contributed by atoms with van der Waals surface area (Å²) in [6, 6.07) is 16.1. The quantitative estimate of drug-likeness (QED) is 0.464. The van der Waals surface area contributed by atoms with Gasteiger partial charge in [-0.15, -0.1) is 0 Å². The molecule has 180 valence electrons. The lowest BCUT2D eigenvalue weighted by molar-refractivity contribution is -0.139. The minimum Gasteiger partial charge on any atom is -0.497 e. The van der Waals surface area contributed by atoms with Crippen LogP contribution >= 0.6 is 0 Å². The lowest BCUT2D eigenvalue weighted by atomic mass is 9.95. The second kappa shape index (κ2) is 10.7. The Morgan fingerprint density at radius 3 is 2.62 bits per heavy atom. The fourth-order valence-corrected chi connectivity index (χ4v) is 4.40. The highest BCUT2D eigenvalue weighted by atomic mass is 16.5. The van der Waals surface area contributed by atoms with Gasteiger partial charge in [-0.25, -0.2) is 0 Å². The molecule has 34 heavy (non-hydrogen) atoms. The summed E-state index contributed by atoms with van der Waals surface area (Å²) in [5.74, 6) is 1.85. The number of piperidine rings is 1. The number of hydrogen-bond donors (Lipinski definition) is 0. The van der Waals surface area contributed by atoms with E-state index in [0.29, 0.717) is 18.3 Å². The Bertz CT molecular complexity index is 1080. The maximum atomic E-state index is 13.7. The van der Waals surface area contributed by atoms with Crippen molar-refractivity contribution in [3.8, 4) is 17.1 Å². The molecule has 2 atom stereocenters. The summed E-state index contributed by atoms with van der Waals surface area (Å²) in [5.41, 5.74) is 3.27. The number of carbonyl (C=O) groups excluding carboxylic acids is 1. The van der Waals surface area contributed by atoms with Gasteiger partial charge in [0.05, 0.1) is 13.0 Å². The molecule has 0 spiro atoms. The molecule has 4 rings (SSSR count). The van der Waals surface area contributed by atoms with Crippen LogP contribution in [-0.2, 0) is 11.3 Å². The highest BCUT2D eigenvalue weighted by Gasteiger charge is 2.32. The number of methoxy groups -OCH3 is 1. The summed E-state index contributed by atoms with van der Waals surface area (Å²) >= 11 is 0. The molecule has 7 heteroatoms. The number of aromatic nitrogens is 2. The van der Waals surface area contributed by atoms with Gasteiger partial charge in [0.2, 0.25) is 17.6 Å². The molecule has 0 radical (unpaired) electrons. The molecule has 1 saturated heterocycles. The largest absolute Gasteiger partial charge is 0.497 e. The van der Waals surface area contributed by atoms with Gasteiger partial charge in [0.15, 0.2) is 0 Å². The van der Waals surface area contributed by atoms with E-state index in [0.717, 1.165) is 43.7 Å².